The maximum absolute atomic E-state index is 5.37. The van der Waals surface area contributed by atoms with Gasteiger partial charge in [0, 0.05) is 43.5 Å². The number of hydrogen-bond donors (Lipinski definition) is 0. The van der Waals surface area contributed by atoms with E-state index in [0.717, 1.165) is 17.5 Å². The Morgan fingerprint density at radius 2 is 1.77 bits per heavy atom. The number of aromatic nitrogens is 2. The van der Waals surface area contributed by atoms with Crippen LogP contribution in [0.3, 0.4) is 0 Å². The molecule has 2 aromatic carbocycles. The molecule has 0 saturated carbocycles. The minimum Gasteiger partial charge on any atom is -0.410 e. The summed E-state index contributed by atoms with van der Waals surface area (Å²) >= 11 is 0. The summed E-state index contributed by atoms with van der Waals surface area (Å²) < 4.78 is 13.0. The van der Waals surface area contributed by atoms with E-state index in [1.54, 1.807) is 14.2 Å². The second-order valence-electron chi connectivity index (χ2n) is 6.25. The van der Waals surface area contributed by atoms with Crippen molar-refractivity contribution in [3.8, 4) is 0 Å². The maximum Gasteiger partial charge on any atom is 0.493 e. The summed E-state index contributed by atoms with van der Waals surface area (Å²) in [6.07, 6.45) is 3.94. The number of benzene rings is 2. The van der Waals surface area contributed by atoms with Crippen molar-refractivity contribution in [2.75, 3.05) is 14.2 Å². The van der Waals surface area contributed by atoms with E-state index in [9.17, 15) is 0 Å². The van der Waals surface area contributed by atoms with Crippen molar-refractivity contribution < 1.29 is 13.9 Å². The fraction of sp³-hybridized carbons (Fsp3) is 0.143. The third kappa shape index (κ3) is 3.07. The van der Waals surface area contributed by atoms with Gasteiger partial charge in [0.1, 0.15) is 0 Å². The van der Waals surface area contributed by atoms with E-state index in [0.29, 0.717) is 0 Å². The lowest BCUT2D eigenvalue weighted by molar-refractivity contribution is -0.662. The molecule has 4 nitrogen and oxygen atoms in total. The van der Waals surface area contributed by atoms with Gasteiger partial charge in [-0.1, -0.05) is 30.3 Å². The van der Waals surface area contributed by atoms with Gasteiger partial charge in [0.2, 0.25) is 5.52 Å². The Morgan fingerprint density at radius 1 is 0.923 bits per heavy atom. The van der Waals surface area contributed by atoms with Gasteiger partial charge in [-0.3, -0.25) is 4.98 Å². The Labute approximate surface area is 153 Å². The molecule has 5 heteroatoms. The number of fused-ring (bicyclic) bond motifs is 3. The van der Waals surface area contributed by atoms with Crippen LogP contribution >= 0.6 is 0 Å². The molecule has 0 radical (unpaired) electrons. The Hall–Kier alpha value is -2.76. The summed E-state index contributed by atoms with van der Waals surface area (Å²) in [6, 6.07) is 20.9. The zero-order valence-corrected chi connectivity index (χ0v) is 14.9. The van der Waals surface area contributed by atoms with Crippen molar-refractivity contribution in [3.05, 3.63) is 78.6 Å². The molecule has 0 fully saturated rings. The molecule has 0 N–H and O–H groups in total. The van der Waals surface area contributed by atoms with Gasteiger partial charge in [-0.05, 0) is 23.7 Å². The van der Waals surface area contributed by atoms with Crippen molar-refractivity contribution in [3.63, 3.8) is 0 Å². The van der Waals surface area contributed by atoms with Crippen LogP contribution in [0.1, 0.15) is 5.56 Å². The highest BCUT2D eigenvalue weighted by atomic mass is 16.6. The molecule has 0 aliphatic rings. The molecular formula is C21H20BN2O2+. The van der Waals surface area contributed by atoms with Crippen molar-refractivity contribution in [2.45, 2.75) is 6.54 Å². The summed E-state index contributed by atoms with van der Waals surface area (Å²) in [5.74, 6) is 0. The van der Waals surface area contributed by atoms with Crippen LogP contribution in [-0.2, 0) is 15.9 Å². The molecule has 0 atom stereocenters. The van der Waals surface area contributed by atoms with Crippen LogP contribution in [0.2, 0.25) is 0 Å². The third-order valence-electron chi connectivity index (χ3n) is 4.65. The monoisotopic (exact) mass is 343 g/mol. The molecule has 4 aromatic rings. The molecule has 0 amide bonds. The average molecular weight is 343 g/mol. The van der Waals surface area contributed by atoms with Crippen LogP contribution in [0.4, 0.5) is 0 Å². The molecule has 26 heavy (non-hydrogen) atoms. The van der Waals surface area contributed by atoms with Crippen LogP contribution in [-0.4, -0.2) is 26.3 Å². The minimum absolute atomic E-state index is 0.345. The van der Waals surface area contributed by atoms with E-state index in [-0.39, 0.29) is 7.12 Å². The number of hydrogen-bond acceptors (Lipinski definition) is 3. The summed E-state index contributed by atoms with van der Waals surface area (Å²) in [5.41, 5.74) is 4.42. The fourth-order valence-corrected chi connectivity index (χ4v) is 3.45. The van der Waals surface area contributed by atoms with Crippen molar-refractivity contribution >= 4 is 34.4 Å². The average Bonchev–Trinajstić information content (AvgIpc) is 2.69. The first-order valence-electron chi connectivity index (χ1n) is 8.60. The number of nitrogens with zero attached hydrogens (tertiary/aromatic N) is 2. The molecular weight excluding hydrogens is 323 g/mol. The van der Waals surface area contributed by atoms with Crippen molar-refractivity contribution in [2.24, 2.45) is 0 Å². The largest absolute Gasteiger partial charge is 0.493 e. The van der Waals surface area contributed by atoms with Gasteiger partial charge in [0.25, 0.3) is 0 Å². The molecule has 2 aromatic heterocycles. The highest BCUT2D eigenvalue weighted by Gasteiger charge is 2.19. The highest BCUT2D eigenvalue weighted by Crippen LogP contribution is 2.21. The summed E-state index contributed by atoms with van der Waals surface area (Å²) in [7, 11) is 2.96. The summed E-state index contributed by atoms with van der Waals surface area (Å²) in [4.78, 5) is 4.46. The predicted molar refractivity (Wildman–Crippen MR) is 104 cm³/mol. The van der Waals surface area contributed by atoms with E-state index >= 15 is 0 Å². The Morgan fingerprint density at radius 3 is 2.62 bits per heavy atom. The SMILES string of the molecule is COB(OC)c1cccc(C[n+]2cccc3c4cccnc4ccc32)c1. The zero-order chi connectivity index (χ0) is 17.9. The van der Waals surface area contributed by atoms with Crippen molar-refractivity contribution in [1.82, 2.24) is 4.98 Å². The highest BCUT2D eigenvalue weighted by molar-refractivity contribution is 6.61. The standard InChI is InChI=1S/C21H20BN2O2/c1-25-22(26-2)17-7-3-6-16(14-17)15-24-13-5-9-19-18-8-4-12-23-20(18)10-11-21(19)24/h3-14H,15H2,1-2H3/q+1. The molecule has 0 bridgehead atoms. The summed E-state index contributed by atoms with van der Waals surface area (Å²) in [5, 5.41) is 2.38. The molecule has 2 heterocycles. The van der Waals surface area contributed by atoms with Crippen molar-refractivity contribution in [1.29, 1.82) is 0 Å². The molecule has 0 unspecified atom stereocenters. The third-order valence-corrected chi connectivity index (χ3v) is 4.65. The van der Waals surface area contributed by atoms with Crippen LogP contribution in [0.5, 0.6) is 0 Å². The smallest absolute Gasteiger partial charge is 0.410 e. The van der Waals surface area contributed by atoms with Crippen LogP contribution in [0.15, 0.2) is 73.1 Å². The van der Waals surface area contributed by atoms with Gasteiger partial charge in [-0.15, -0.1) is 0 Å². The second-order valence-corrected chi connectivity index (χ2v) is 6.25. The van der Waals surface area contributed by atoms with Gasteiger partial charge < -0.3 is 9.31 Å². The van der Waals surface area contributed by atoms with Gasteiger partial charge >= 0.3 is 7.12 Å². The quantitative estimate of drug-likeness (QED) is 0.318. The van der Waals surface area contributed by atoms with Crippen LogP contribution in [0, 0.1) is 0 Å². The minimum atomic E-state index is -0.345. The number of pyridine rings is 2. The Bertz CT molecular complexity index is 1060. The predicted octanol–water partition coefficient (Wildman–Crippen LogP) is 2.71. The van der Waals surface area contributed by atoms with Crippen LogP contribution in [0.25, 0.3) is 21.8 Å². The maximum atomic E-state index is 5.37. The normalized spacial score (nSPS) is 11.2. The topological polar surface area (TPSA) is 35.2 Å². The molecule has 128 valence electrons. The molecule has 0 spiro atoms. The lowest BCUT2D eigenvalue weighted by Gasteiger charge is -2.10. The van der Waals surface area contributed by atoms with E-state index < -0.39 is 0 Å². The lowest BCUT2D eigenvalue weighted by atomic mass is 9.78. The lowest BCUT2D eigenvalue weighted by Crippen LogP contribution is -2.37. The Kier molecular flexibility index (Phi) is 4.65. The van der Waals surface area contributed by atoms with Gasteiger partial charge in [-0.2, -0.15) is 4.57 Å². The first-order chi connectivity index (χ1) is 12.8. The van der Waals surface area contributed by atoms with Gasteiger partial charge in [0.15, 0.2) is 12.7 Å². The first kappa shape index (κ1) is 16.7. The van der Waals surface area contributed by atoms with E-state index in [1.165, 1.54) is 21.9 Å². The van der Waals surface area contributed by atoms with Gasteiger partial charge in [0.05, 0.1) is 10.9 Å². The van der Waals surface area contributed by atoms with Gasteiger partial charge in [-0.25, -0.2) is 0 Å². The molecule has 0 aliphatic carbocycles. The molecule has 0 aliphatic heterocycles. The molecule has 4 rings (SSSR count). The zero-order valence-electron chi connectivity index (χ0n) is 14.9. The molecule has 0 saturated heterocycles. The Balaban J connectivity index is 1.76. The fourth-order valence-electron chi connectivity index (χ4n) is 3.45. The van der Waals surface area contributed by atoms with Crippen LogP contribution < -0.4 is 10.0 Å². The van der Waals surface area contributed by atoms with E-state index in [4.69, 9.17) is 9.31 Å². The number of rotatable bonds is 5. The van der Waals surface area contributed by atoms with E-state index in [1.807, 2.05) is 24.4 Å². The van der Waals surface area contributed by atoms with E-state index in [2.05, 4.69) is 58.2 Å². The summed E-state index contributed by atoms with van der Waals surface area (Å²) in [6.45, 7) is 0.775. The first-order valence-corrected chi connectivity index (χ1v) is 8.60. The second kappa shape index (κ2) is 7.24.